The maximum Gasteiger partial charge on any atom is 0.293 e. The summed E-state index contributed by atoms with van der Waals surface area (Å²) in [6.07, 6.45) is 1.39. The fourth-order valence-corrected chi connectivity index (χ4v) is 3.34. The molecule has 0 aliphatic carbocycles. The third kappa shape index (κ3) is 4.51. The van der Waals surface area contributed by atoms with Crippen LogP contribution in [0.3, 0.4) is 0 Å². The van der Waals surface area contributed by atoms with Crippen LogP contribution in [0.25, 0.3) is 16.8 Å². The highest BCUT2D eigenvalue weighted by molar-refractivity contribution is 5.76. The molecule has 164 valence electrons. The van der Waals surface area contributed by atoms with E-state index in [1.54, 1.807) is 25.1 Å². The molecule has 2 aromatic heterocycles. The number of nitrogens with zero attached hydrogens (tertiary/aromatic N) is 4. The molecular formula is C23H22FN5O3. The topological polar surface area (TPSA) is 90.5 Å². The average Bonchev–Trinajstić information content (AvgIpc) is 3.22. The lowest BCUT2D eigenvalue weighted by Crippen LogP contribution is -2.35. The predicted octanol–water partition coefficient (Wildman–Crippen LogP) is 2.97. The van der Waals surface area contributed by atoms with E-state index < -0.39 is 5.56 Å². The molecule has 0 fully saturated rings. The molecule has 32 heavy (non-hydrogen) atoms. The summed E-state index contributed by atoms with van der Waals surface area (Å²) in [7, 11) is 0. The van der Waals surface area contributed by atoms with Gasteiger partial charge >= 0.3 is 0 Å². The maximum atomic E-state index is 13.1. The highest BCUT2D eigenvalue weighted by Gasteiger charge is 2.14. The average molecular weight is 435 g/mol. The summed E-state index contributed by atoms with van der Waals surface area (Å²) < 4.78 is 21.0. The molecule has 0 bridgehead atoms. The molecule has 9 heteroatoms. The fourth-order valence-electron chi connectivity index (χ4n) is 3.34. The van der Waals surface area contributed by atoms with Gasteiger partial charge in [0.15, 0.2) is 0 Å². The number of aromatic nitrogens is 4. The molecule has 0 spiro atoms. The Hall–Kier alpha value is -4.01. The van der Waals surface area contributed by atoms with Crippen molar-refractivity contribution >= 4 is 11.4 Å². The van der Waals surface area contributed by atoms with Gasteiger partial charge in [-0.15, -0.1) is 0 Å². The second-order valence-corrected chi connectivity index (χ2v) is 7.25. The van der Waals surface area contributed by atoms with Crippen LogP contribution < -0.4 is 15.6 Å². The Kier molecular flexibility index (Phi) is 5.98. The first-order chi connectivity index (χ1) is 15.4. The molecule has 2 aromatic carbocycles. The van der Waals surface area contributed by atoms with Crippen molar-refractivity contribution in [2.24, 2.45) is 0 Å². The van der Waals surface area contributed by atoms with Crippen LogP contribution in [0.15, 0.2) is 65.7 Å². The fraction of sp³-hybridized carbons (Fsp3) is 0.217. The molecule has 1 amide bonds. The number of nitrogens with one attached hydrogen (secondary N) is 1. The van der Waals surface area contributed by atoms with E-state index in [9.17, 15) is 14.0 Å². The Bertz CT molecular complexity index is 1300. The number of carbonyl (C=O) groups is 1. The van der Waals surface area contributed by atoms with Crippen molar-refractivity contribution in [1.82, 2.24) is 24.7 Å². The summed E-state index contributed by atoms with van der Waals surface area (Å²) in [6.45, 7) is 4.03. The first kappa shape index (κ1) is 21.2. The molecule has 0 unspecified atom stereocenters. The summed E-state index contributed by atoms with van der Waals surface area (Å²) >= 11 is 0. The first-order valence-electron chi connectivity index (χ1n) is 10.2. The minimum atomic E-state index is -0.429. The molecule has 8 nitrogen and oxygen atoms in total. The quantitative estimate of drug-likeness (QED) is 0.482. The van der Waals surface area contributed by atoms with E-state index in [0.29, 0.717) is 17.8 Å². The number of carbonyl (C=O) groups excluding carboxylic acids is 1. The number of benzene rings is 2. The molecule has 4 aromatic rings. The molecule has 2 heterocycles. The number of halogens is 1. The molecule has 0 aliphatic heterocycles. The zero-order valence-electron chi connectivity index (χ0n) is 17.7. The van der Waals surface area contributed by atoms with Gasteiger partial charge in [-0.3, -0.25) is 9.59 Å². The Morgan fingerprint density at radius 3 is 2.56 bits per heavy atom. The SMILES string of the molecule is CCOc1ccc(-c2cc3c(=O)n(CC(=O)N[C@@H](C)c4ccc(F)cc4)ncn3n2)cc1. The van der Waals surface area contributed by atoms with Crippen LogP contribution in [0, 0.1) is 5.82 Å². The maximum absolute atomic E-state index is 13.1. The molecule has 0 saturated heterocycles. The smallest absolute Gasteiger partial charge is 0.293 e. The van der Waals surface area contributed by atoms with Crippen LogP contribution in [-0.2, 0) is 11.3 Å². The highest BCUT2D eigenvalue weighted by Crippen LogP contribution is 2.21. The summed E-state index contributed by atoms with van der Waals surface area (Å²) in [4.78, 5) is 25.3. The van der Waals surface area contributed by atoms with Crippen molar-refractivity contribution in [3.8, 4) is 17.0 Å². The Morgan fingerprint density at radius 1 is 1.16 bits per heavy atom. The van der Waals surface area contributed by atoms with Gasteiger partial charge in [0.1, 0.15) is 30.0 Å². The molecule has 1 N–H and O–H groups in total. The van der Waals surface area contributed by atoms with Crippen molar-refractivity contribution in [2.75, 3.05) is 6.61 Å². The third-order valence-electron chi connectivity index (χ3n) is 4.99. The second kappa shape index (κ2) is 9.01. The monoisotopic (exact) mass is 435 g/mol. The largest absolute Gasteiger partial charge is 0.494 e. The number of ether oxygens (including phenoxy) is 1. The van der Waals surface area contributed by atoms with Crippen molar-refractivity contribution in [3.63, 3.8) is 0 Å². The number of hydrogen-bond acceptors (Lipinski definition) is 5. The van der Waals surface area contributed by atoms with Crippen LogP contribution >= 0.6 is 0 Å². The van der Waals surface area contributed by atoms with Crippen LogP contribution in [0.2, 0.25) is 0 Å². The van der Waals surface area contributed by atoms with Gasteiger partial charge in [-0.2, -0.15) is 10.2 Å². The van der Waals surface area contributed by atoms with E-state index in [2.05, 4.69) is 15.5 Å². The number of rotatable bonds is 7. The van der Waals surface area contributed by atoms with Gasteiger partial charge in [-0.1, -0.05) is 12.1 Å². The molecule has 0 aliphatic rings. The summed E-state index contributed by atoms with van der Waals surface area (Å²) in [6, 6.07) is 14.6. The molecule has 0 radical (unpaired) electrons. The van der Waals surface area contributed by atoms with Gasteiger partial charge in [0.05, 0.1) is 18.3 Å². The number of hydrogen-bond donors (Lipinski definition) is 1. The van der Waals surface area contributed by atoms with Crippen LogP contribution in [0.4, 0.5) is 4.39 Å². The first-order valence-corrected chi connectivity index (χ1v) is 10.2. The van der Waals surface area contributed by atoms with Crippen molar-refractivity contribution < 1.29 is 13.9 Å². The second-order valence-electron chi connectivity index (χ2n) is 7.25. The summed E-state index contributed by atoms with van der Waals surface area (Å²) in [5.41, 5.74) is 2.07. The lowest BCUT2D eigenvalue weighted by atomic mass is 10.1. The minimum Gasteiger partial charge on any atom is -0.494 e. The van der Waals surface area contributed by atoms with E-state index in [1.165, 1.54) is 23.0 Å². The van der Waals surface area contributed by atoms with Gasteiger partial charge in [0.25, 0.3) is 5.56 Å². The molecule has 4 rings (SSSR count). The van der Waals surface area contributed by atoms with E-state index in [-0.39, 0.29) is 24.3 Å². The summed E-state index contributed by atoms with van der Waals surface area (Å²) in [5, 5.41) is 11.3. The normalized spacial score (nSPS) is 12.0. The lowest BCUT2D eigenvalue weighted by molar-refractivity contribution is -0.122. The van der Waals surface area contributed by atoms with Crippen molar-refractivity contribution in [1.29, 1.82) is 0 Å². The van der Waals surface area contributed by atoms with E-state index in [1.807, 2.05) is 31.2 Å². The van der Waals surface area contributed by atoms with Gasteiger partial charge in [-0.25, -0.2) is 13.6 Å². The van der Waals surface area contributed by atoms with Gasteiger partial charge in [-0.05, 0) is 61.9 Å². The van der Waals surface area contributed by atoms with E-state index in [4.69, 9.17) is 4.74 Å². The van der Waals surface area contributed by atoms with E-state index >= 15 is 0 Å². The molecular weight excluding hydrogens is 413 g/mol. The predicted molar refractivity (Wildman–Crippen MR) is 117 cm³/mol. The molecule has 0 saturated carbocycles. The third-order valence-corrected chi connectivity index (χ3v) is 4.99. The zero-order valence-corrected chi connectivity index (χ0v) is 17.7. The number of fused-ring (bicyclic) bond motifs is 1. The zero-order chi connectivity index (χ0) is 22.7. The van der Waals surface area contributed by atoms with Crippen molar-refractivity contribution in [2.45, 2.75) is 26.4 Å². The van der Waals surface area contributed by atoms with Crippen molar-refractivity contribution in [3.05, 3.63) is 82.7 Å². The van der Waals surface area contributed by atoms with Gasteiger partial charge < -0.3 is 10.1 Å². The number of amides is 1. The van der Waals surface area contributed by atoms with Crippen LogP contribution in [0.1, 0.15) is 25.5 Å². The Morgan fingerprint density at radius 2 is 1.88 bits per heavy atom. The van der Waals surface area contributed by atoms with Gasteiger partial charge in [0.2, 0.25) is 5.91 Å². The van der Waals surface area contributed by atoms with Gasteiger partial charge in [0, 0.05) is 5.56 Å². The van der Waals surface area contributed by atoms with Crippen LogP contribution in [-0.4, -0.2) is 31.9 Å². The standard InChI is InChI=1S/C23H22FN5O3/c1-3-32-19-10-6-17(7-11-19)20-12-21-23(31)28(25-14-29(21)27-20)13-22(30)26-15(2)16-4-8-18(24)9-5-16/h4-12,14-15H,3,13H2,1-2H3,(H,26,30)/t15-/m0/s1. The summed E-state index contributed by atoms with van der Waals surface area (Å²) in [5.74, 6) is 0.0266. The van der Waals surface area contributed by atoms with Crippen LogP contribution in [0.5, 0.6) is 5.75 Å². The minimum absolute atomic E-state index is 0.246. The Balaban J connectivity index is 1.51. The highest BCUT2D eigenvalue weighted by atomic mass is 19.1. The lowest BCUT2D eigenvalue weighted by Gasteiger charge is -2.14. The Labute approximate surface area is 183 Å². The molecule has 1 atom stereocenters. The van der Waals surface area contributed by atoms with E-state index in [0.717, 1.165) is 21.6 Å².